The molecule has 2 rings (SSSR count). The van der Waals surface area contributed by atoms with Gasteiger partial charge in [-0.1, -0.05) is 40.2 Å². The maximum atomic E-state index is 11.9. The highest BCUT2D eigenvalue weighted by molar-refractivity contribution is 9.10. The highest BCUT2D eigenvalue weighted by Crippen LogP contribution is 2.12. The molecule has 0 aromatic heterocycles. The van der Waals surface area contributed by atoms with Gasteiger partial charge in [-0.25, -0.2) is 0 Å². The second-order valence-corrected chi connectivity index (χ2v) is 5.31. The second-order valence-electron chi connectivity index (χ2n) is 4.40. The molecule has 1 N–H and O–H groups in total. The topological polar surface area (TPSA) is 52.9 Å². The van der Waals surface area contributed by atoms with Crippen LogP contribution in [0.4, 0.5) is 0 Å². The number of carbonyl (C=O) groups is 1. The average Bonchev–Trinajstić information content (AvgIpc) is 2.45. The van der Waals surface area contributed by atoms with Crippen LogP contribution in [0.1, 0.15) is 16.7 Å². The Bertz CT molecular complexity index is 662. The molecule has 0 spiro atoms. The summed E-state index contributed by atoms with van der Waals surface area (Å²) in [6.45, 7) is 0.433. The summed E-state index contributed by atoms with van der Waals surface area (Å²) < 4.78 is 0.963. The van der Waals surface area contributed by atoms with E-state index in [-0.39, 0.29) is 5.91 Å². The Morgan fingerprint density at radius 2 is 1.90 bits per heavy atom. The van der Waals surface area contributed by atoms with Crippen molar-refractivity contribution in [2.45, 2.75) is 13.0 Å². The van der Waals surface area contributed by atoms with Crippen molar-refractivity contribution in [1.82, 2.24) is 5.32 Å². The van der Waals surface area contributed by atoms with E-state index in [0.29, 0.717) is 18.5 Å². The summed E-state index contributed by atoms with van der Waals surface area (Å²) in [4.78, 5) is 11.9. The molecule has 0 unspecified atom stereocenters. The third kappa shape index (κ3) is 4.22. The van der Waals surface area contributed by atoms with Crippen LogP contribution in [0.25, 0.3) is 0 Å². The monoisotopic (exact) mass is 328 g/mol. The zero-order valence-corrected chi connectivity index (χ0v) is 12.4. The van der Waals surface area contributed by atoms with Gasteiger partial charge < -0.3 is 5.32 Å². The van der Waals surface area contributed by atoms with Crippen LogP contribution in [0.5, 0.6) is 0 Å². The molecule has 1 amide bonds. The molecule has 0 aliphatic heterocycles. The van der Waals surface area contributed by atoms with Gasteiger partial charge in [0.1, 0.15) is 0 Å². The molecule has 3 nitrogen and oxygen atoms in total. The van der Waals surface area contributed by atoms with Crippen LogP contribution in [-0.4, -0.2) is 5.91 Å². The van der Waals surface area contributed by atoms with Crippen molar-refractivity contribution in [1.29, 1.82) is 5.26 Å². The van der Waals surface area contributed by atoms with Gasteiger partial charge in [-0.05, 0) is 35.4 Å². The fraction of sp³-hybridized carbons (Fsp3) is 0.125. The van der Waals surface area contributed by atoms with Gasteiger partial charge in [-0.2, -0.15) is 5.26 Å². The third-order valence-corrected chi connectivity index (χ3v) is 3.29. The van der Waals surface area contributed by atoms with E-state index in [1.54, 1.807) is 12.1 Å². The first-order chi connectivity index (χ1) is 9.67. The first-order valence-corrected chi connectivity index (χ1v) is 6.97. The maximum absolute atomic E-state index is 11.9. The van der Waals surface area contributed by atoms with Gasteiger partial charge in [0.2, 0.25) is 5.91 Å². The maximum Gasteiger partial charge on any atom is 0.224 e. The van der Waals surface area contributed by atoms with E-state index in [4.69, 9.17) is 5.26 Å². The molecule has 100 valence electrons. The van der Waals surface area contributed by atoms with E-state index >= 15 is 0 Å². The SMILES string of the molecule is N#Cc1cccc(CNC(=O)Cc2cccc(Br)c2)c1. The number of carbonyl (C=O) groups excluding carboxylic acids is 1. The Morgan fingerprint density at radius 3 is 2.65 bits per heavy atom. The number of hydrogen-bond donors (Lipinski definition) is 1. The zero-order valence-electron chi connectivity index (χ0n) is 10.8. The fourth-order valence-corrected chi connectivity index (χ4v) is 2.29. The van der Waals surface area contributed by atoms with E-state index in [2.05, 4.69) is 27.3 Å². The molecular weight excluding hydrogens is 316 g/mol. The van der Waals surface area contributed by atoms with Crippen molar-refractivity contribution in [3.05, 3.63) is 69.7 Å². The van der Waals surface area contributed by atoms with Gasteiger partial charge in [0.05, 0.1) is 18.1 Å². The summed E-state index contributed by atoms with van der Waals surface area (Å²) in [5.74, 6) is -0.0366. The quantitative estimate of drug-likeness (QED) is 0.937. The minimum Gasteiger partial charge on any atom is -0.352 e. The van der Waals surface area contributed by atoms with Crippen molar-refractivity contribution >= 4 is 21.8 Å². The number of nitrogens with one attached hydrogen (secondary N) is 1. The molecular formula is C16H13BrN2O. The normalized spacial score (nSPS) is 9.80. The highest BCUT2D eigenvalue weighted by Gasteiger charge is 2.04. The van der Waals surface area contributed by atoms with Crippen molar-refractivity contribution in [3.63, 3.8) is 0 Å². The molecule has 0 radical (unpaired) electrons. The van der Waals surface area contributed by atoms with E-state index in [9.17, 15) is 4.79 Å². The molecule has 0 fully saturated rings. The lowest BCUT2D eigenvalue weighted by Crippen LogP contribution is -2.24. The Morgan fingerprint density at radius 1 is 1.15 bits per heavy atom. The summed E-state index contributed by atoms with van der Waals surface area (Å²) in [7, 11) is 0. The molecule has 0 saturated carbocycles. The molecule has 0 saturated heterocycles. The molecule has 2 aromatic carbocycles. The van der Waals surface area contributed by atoms with Crippen LogP contribution >= 0.6 is 15.9 Å². The number of benzene rings is 2. The summed E-state index contributed by atoms with van der Waals surface area (Å²) in [6.07, 6.45) is 0.345. The van der Waals surface area contributed by atoms with Gasteiger partial charge in [0.15, 0.2) is 0 Å². The first kappa shape index (κ1) is 14.3. The van der Waals surface area contributed by atoms with Crippen molar-refractivity contribution < 1.29 is 4.79 Å². The lowest BCUT2D eigenvalue weighted by Gasteiger charge is -2.06. The standard InChI is InChI=1S/C16H13BrN2O/c17-15-6-2-3-12(8-15)9-16(20)19-11-14-5-1-4-13(7-14)10-18/h1-8H,9,11H2,(H,19,20). The lowest BCUT2D eigenvalue weighted by atomic mass is 10.1. The Balaban J connectivity index is 1.90. The fourth-order valence-electron chi connectivity index (χ4n) is 1.85. The first-order valence-electron chi connectivity index (χ1n) is 6.17. The predicted octanol–water partition coefficient (Wildman–Crippen LogP) is 3.18. The molecule has 0 heterocycles. The number of amides is 1. The van der Waals surface area contributed by atoms with Gasteiger partial charge in [0, 0.05) is 11.0 Å². The van der Waals surface area contributed by atoms with Crippen LogP contribution in [0.15, 0.2) is 53.0 Å². The number of nitrogens with zero attached hydrogens (tertiary/aromatic N) is 1. The van der Waals surface area contributed by atoms with Crippen LogP contribution in [0, 0.1) is 11.3 Å². The van der Waals surface area contributed by atoms with Gasteiger partial charge in [0.25, 0.3) is 0 Å². The molecule has 0 aliphatic rings. The third-order valence-electron chi connectivity index (χ3n) is 2.80. The summed E-state index contributed by atoms with van der Waals surface area (Å²) in [6, 6.07) is 17.0. The molecule has 0 bridgehead atoms. The summed E-state index contributed by atoms with van der Waals surface area (Å²) in [5, 5.41) is 11.7. The van der Waals surface area contributed by atoms with Crippen molar-refractivity contribution in [2.75, 3.05) is 0 Å². The Labute approximate surface area is 126 Å². The number of nitriles is 1. The van der Waals surface area contributed by atoms with Crippen LogP contribution in [0.2, 0.25) is 0 Å². The molecule has 20 heavy (non-hydrogen) atoms. The average molecular weight is 329 g/mol. The largest absolute Gasteiger partial charge is 0.352 e. The molecule has 0 aliphatic carbocycles. The van der Waals surface area contributed by atoms with Gasteiger partial charge >= 0.3 is 0 Å². The summed E-state index contributed by atoms with van der Waals surface area (Å²) >= 11 is 3.38. The van der Waals surface area contributed by atoms with E-state index < -0.39 is 0 Å². The molecule has 2 aromatic rings. The van der Waals surface area contributed by atoms with E-state index in [1.807, 2.05) is 36.4 Å². The molecule has 0 atom stereocenters. The Kier molecular flexibility index (Phi) is 4.91. The van der Waals surface area contributed by atoms with Gasteiger partial charge in [-0.3, -0.25) is 4.79 Å². The van der Waals surface area contributed by atoms with Crippen molar-refractivity contribution in [3.8, 4) is 6.07 Å². The Hall–Kier alpha value is -2.12. The van der Waals surface area contributed by atoms with E-state index in [1.165, 1.54) is 0 Å². The number of hydrogen-bond acceptors (Lipinski definition) is 2. The minimum absolute atomic E-state index is 0.0366. The van der Waals surface area contributed by atoms with Gasteiger partial charge in [-0.15, -0.1) is 0 Å². The lowest BCUT2D eigenvalue weighted by molar-refractivity contribution is -0.120. The van der Waals surface area contributed by atoms with E-state index in [0.717, 1.165) is 15.6 Å². The molecule has 4 heteroatoms. The van der Waals surface area contributed by atoms with Crippen molar-refractivity contribution in [2.24, 2.45) is 0 Å². The minimum atomic E-state index is -0.0366. The summed E-state index contributed by atoms with van der Waals surface area (Å²) in [5.41, 5.74) is 2.48. The van der Waals surface area contributed by atoms with Crippen LogP contribution in [-0.2, 0) is 17.8 Å². The highest BCUT2D eigenvalue weighted by atomic mass is 79.9. The van der Waals surface area contributed by atoms with Crippen LogP contribution < -0.4 is 5.32 Å². The smallest absolute Gasteiger partial charge is 0.224 e. The number of rotatable bonds is 4. The second kappa shape index (κ2) is 6.88. The predicted molar refractivity (Wildman–Crippen MR) is 80.8 cm³/mol. The number of halogens is 1. The van der Waals surface area contributed by atoms with Crippen LogP contribution in [0.3, 0.4) is 0 Å². The zero-order chi connectivity index (χ0) is 14.4.